The summed E-state index contributed by atoms with van der Waals surface area (Å²) >= 11 is 0. The van der Waals surface area contributed by atoms with Crippen LogP contribution in [0.1, 0.15) is 30.5 Å². The Hall–Kier alpha value is -2.74. The van der Waals surface area contributed by atoms with Gasteiger partial charge in [0.25, 0.3) is 6.47 Å². The van der Waals surface area contributed by atoms with Crippen molar-refractivity contribution in [1.82, 2.24) is 9.88 Å². The van der Waals surface area contributed by atoms with E-state index in [-0.39, 0.29) is 17.9 Å². The van der Waals surface area contributed by atoms with Crippen LogP contribution in [0, 0.1) is 11.8 Å². The zero-order chi connectivity index (χ0) is 22.5. The number of aromatic amines is 1. The number of carbonyl (C=O) groups excluding carboxylic acids is 2. The molecule has 4 bridgehead atoms. The van der Waals surface area contributed by atoms with Crippen LogP contribution < -0.4 is 9.47 Å². The van der Waals surface area contributed by atoms with Crippen molar-refractivity contribution < 1.29 is 28.5 Å². The summed E-state index contributed by atoms with van der Waals surface area (Å²) in [7, 11) is 4.74. The lowest BCUT2D eigenvalue weighted by atomic mass is 9.56. The molecule has 3 aliphatic heterocycles. The third-order valence-electron chi connectivity index (χ3n) is 7.81. The lowest BCUT2D eigenvalue weighted by Gasteiger charge is -2.57. The van der Waals surface area contributed by atoms with Gasteiger partial charge in [0.2, 0.25) is 0 Å². The monoisotopic (exact) mass is 442 g/mol. The Balaban J connectivity index is 1.69. The van der Waals surface area contributed by atoms with E-state index in [2.05, 4.69) is 9.88 Å². The molecular weight excluding hydrogens is 412 g/mol. The second-order valence-corrected chi connectivity index (χ2v) is 9.21. The summed E-state index contributed by atoms with van der Waals surface area (Å²) < 4.78 is 21.6. The molecule has 2 saturated heterocycles. The Kier molecular flexibility index (Phi) is 5.28. The highest BCUT2D eigenvalue weighted by Crippen LogP contribution is 2.55. The molecular formula is C24H30N2O6. The quantitative estimate of drug-likeness (QED) is 0.400. The first-order valence-corrected chi connectivity index (χ1v) is 11.2. The first-order valence-electron chi connectivity index (χ1n) is 11.2. The molecule has 1 aliphatic carbocycles. The van der Waals surface area contributed by atoms with Crippen LogP contribution in [-0.2, 0) is 30.9 Å². The highest BCUT2D eigenvalue weighted by Gasteiger charge is 2.63. The topological polar surface area (TPSA) is 90.1 Å². The van der Waals surface area contributed by atoms with E-state index in [1.165, 1.54) is 7.11 Å². The molecule has 0 radical (unpaired) electrons. The maximum Gasteiger partial charge on any atom is 0.319 e. The zero-order valence-electron chi connectivity index (χ0n) is 18.8. The molecule has 4 heterocycles. The Morgan fingerprint density at radius 3 is 2.75 bits per heavy atom. The van der Waals surface area contributed by atoms with E-state index < -0.39 is 5.41 Å². The van der Waals surface area contributed by atoms with Gasteiger partial charge in [0.05, 0.1) is 27.9 Å². The summed E-state index contributed by atoms with van der Waals surface area (Å²) in [5.74, 6) is 1.78. The number of fused-ring (bicyclic) bond motifs is 4. The number of esters is 1. The van der Waals surface area contributed by atoms with Crippen molar-refractivity contribution >= 4 is 23.3 Å². The molecule has 1 N–H and O–H groups in total. The summed E-state index contributed by atoms with van der Waals surface area (Å²) in [5.41, 5.74) is 2.29. The van der Waals surface area contributed by atoms with Crippen LogP contribution in [0.2, 0.25) is 0 Å². The van der Waals surface area contributed by atoms with E-state index in [0.717, 1.165) is 60.9 Å². The standard InChI is InChI=1S/C24H30N2O6/c1-29-19-9-17-16-4-6-26-12-14-8-15(5-7-32-13-27)22(26)24(11-14,23(28)31-3)21(16)25-18(17)10-20(19)30-2/h9-10,13-15,22,25H,4-8,11-12H2,1-3H3. The molecule has 5 atom stereocenters. The largest absolute Gasteiger partial charge is 0.493 e. The average molecular weight is 443 g/mol. The lowest BCUT2D eigenvalue weighted by Crippen LogP contribution is -2.67. The molecule has 1 saturated carbocycles. The fourth-order valence-electron chi connectivity index (χ4n) is 6.80. The smallest absolute Gasteiger partial charge is 0.319 e. The minimum atomic E-state index is -0.771. The van der Waals surface area contributed by atoms with E-state index in [1.54, 1.807) is 14.2 Å². The second-order valence-electron chi connectivity index (χ2n) is 9.21. The number of nitrogens with one attached hydrogen (secondary N) is 1. The fourth-order valence-corrected chi connectivity index (χ4v) is 6.80. The molecule has 8 heteroatoms. The highest BCUT2D eigenvalue weighted by molar-refractivity contribution is 5.93. The Labute approximate surface area is 187 Å². The number of piperidine rings is 2. The second kappa shape index (κ2) is 7.99. The molecule has 32 heavy (non-hydrogen) atoms. The number of H-pyrrole nitrogens is 1. The number of rotatable bonds is 7. The van der Waals surface area contributed by atoms with Gasteiger partial charge in [-0.25, -0.2) is 0 Å². The van der Waals surface area contributed by atoms with Crippen molar-refractivity contribution in [2.45, 2.75) is 37.1 Å². The predicted molar refractivity (Wildman–Crippen MR) is 117 cm³/mol. The first-order chi connectivity index (χ1) is 15.6. The molecule has 6 rings (SSSR count). The van der Waals surface area contributed by atoms with Gasteiger partial charge in [-0.1, -0.05) is 0 Å². The van der Waals surface area contributed by atoms with Crippen LogP contribution in [0.4, 0.5) is 0 Å². The van der Waals surface area contributed by atoms with Gasteiger partial charge in [-0.15, -0.1) is 0 Å². The molecule has 0 spiro atoms. The number of benzene rings is 1. The minimum absolute atomic E-state index is 0.00769. The van der Waals surface area contributed by atoms with Crippen molar-refractivity contribution in [2.24, 2.45) is 11.8 Å². The van der Waals surface area contributed by atoms with Crippen LogP contribution in [-0.4, -0.2) is 69.4 Å². The summed E-state index contributed by atoms with van der Waals surface area (Å²) in [6.45, 7) is 2.74. The Morgan fingerprint density at radius 2 is 2.03 bits per heavy atom. The van der Waals surface area contributed by atoms with Crippen molar-refractivity contribution in [2.75, 3.05) is 41.0 Å². The van der Waals surface area contributed by atoms with E-state index in [4.69, 9.17) is 18.9 Å². The SMILES string of the molecule is COC(=O)C12CC3CC(CCOC=O)C1N(CCc1c2[nH]c2cc(OC)c(OC)cc12)C3. The average Bonchev–Trinajstić information content (AvgIpc) is 3.14. The molecule has 172 valence electrons. The van der Waals surface area contributed by atoms with Gasteiger partial charge in [0.15, 0.2) is 11.5 Å². The molecule has 5 unspecified atom stereocenters. The molecule has 2 aromatic rings. The van der Waals surface area contributed by atoms with Crippen molar-refractivity contribution in [1.29, 1.82) is 0 Å². The first kappa shape index (κ1) is 21.1. The normalized spacial score (nSPS) is 30.3. The number of aromatic nitrogens is 1. The van der Waals surface area contributed by atoms with Crippen LogP contribution >= 0.6 is 0 Å². The van der Waals surface area contributed by atoms with E-state index in [0.29, 0.717) is 30.5 Å². The van der Waals surface area contributed by atoms with Crippen molar-refractivity contribution in [3.8, 4) is 11.5 Å². The van der Waals surface area contributed by atoms with Gasteiger partial charge in [-0.3, -0.25) is 14.5 Å². The number of hydrogen-bond donors (Lipinski definition) is 1. The van der Waals surface area contributed by atoms with Crippen LogP contribution in [0.25, 0.3) is 10.9 Å². The predicted octanol–water partition coefficient (Wildman–Crippen LogP) is 2.43. The van der Waals surface area contributed by atoms with E-state index in [1.807, 2.05) is 12.1 Å². The van der Waals surface area contributed by atoms with Crippen molar-refractivity contribution in [3.63, 3.8) is 0 Å². The molecule has 0 amide bonds. The highest BCUT2D eigenvalue weighted by atomic mass is 16.5. The third-order valence-corrected chi connectivity index (χ3v) is 7.81. The number of methoxy groups -OCH3 is 3. The molecule has 8 nitrogen and oxygen atoms in total. The van der Waals surface area contributed by atoms with Gasteiger partial charge in [-0.2, -0.15) is 0 Å². The molecule has 1 aromatic heterocycles. The number of hydrogen-bond acceptors (Lipinski definition) is 7. The minimum Gasteiger partial charge on any atom is -0.493 e. The van der Waals surface area contributed by atoms with Gasteiger partial charge >= 0.3 is 5.97 Å². The van der Waals surface area contributed by atoms with Crippen LogP contribution in [0.3, 0.4) is 0 Å². The van der Waals surface area contributed by atoms with Crippen molar-refractivity contribution in [3.05, 3.63) is 23.4 Å². The Morgan fingerprint density at radius 1 is 1.25 bits per heavy atom. The Bertz CT molecular complexity index is 1050. The van der Waals surface area contributed by atoms with Gasteiger partial charge in [-0.05, 0) is 49.1 Å². The molecule has 4 aliphatic rings. The number of ether oxygens (including phenoxy) is 4. The molecule has 3 fully saturated rings. The zero-order valence-corrected chi connectivity index (χ0v) is 18.8. The summed E-state index contributed by atoms with van der Waals surface area (Å²) in [5, 5.41) is 1.06. The van der Waals surface area contributed by atoms with E-state index >= 15 is 0 Å². The van der Waals surface area contributed by atoms with Gasteiger partial charge < -0.3 is 23.9 Å². The summed E-state index contributed by atoms with van der Waals surface area (Å²) in [6.07, 6.45) is 3.38. The summed E-state index contributed by atoms with van der Waals surface area (Å²) in [6, 6.07) is 3.96. The fraction of sp³-hybridized carbons (Fsp3) is 0.583. The van der Waals surface area contributed by atoms with E-state index in [9.17, 15) is 9.59 Å². The number of nitrogens with zero attached hydrogens (tertiary/aromatic N) is 1. The summed E-state index contributed by atoms with van der Waals surface area (Å²) in [4.78, 5) is 30.4. The lowest BCUT2D eigenvalue weighted by molar-refractivity contribution is -0.163. The maximum atomic E-state index is 13.6. The van der Waals surface area contributed by atoms with Crippen LogP contribution in [0.15, 0.2) is 12.1 Å². The third kappa shape index (κ3) is 2.92. The maximum absolute atomic E-state index is 13.6. The number of carbonyl (C=O) groups is 2. The molecule has 1 aromatic carbocycles. The van der Waals surface area contributed by atoms with Crippen LogP contribution in [0.5, 0.6) is 11.5 Å². The van der Waals surface area contributed by atoms with Gasteiger partial charge in [0.1, 0.15) is 5.41 Å². The van der Waals surface area contributed by atoms with Gasteiger partial charge in [0, 0.05) is 41.8 Å².